The Kier molecular flexibility index (Phi) is 2.78. The average molecular weight is 249 g/mol. The van der Waals surface area contributed by atoms with Crippen molar-refractivity contribution < 1.29 is 0 Å². The number of benzene rings is 2. The molecule has 0 aliphatic rings. The van der Waals surface area contributed by atoms with E-state index in [2.05, 4.69) is 68.2 Å². The largest absolute Gasteiger partial charge is 0.256 e. The lowest BCUT2D eigenvalue weighted by atomic mass is 9.86. The second-order valence-electron chi connectivity index (χ2n) is 6.39. The van der Waals surface area contributed by atoms with Gasteiger partial charge >= 0.3 is 0 Å². The summed E-state index contributed by atoms with van der Waals surface area (Å²) in [5, 5.41) is 3.79. The molecule has 0 N–H and O–H groups in total. The summed E-state index contributed by atoms with van der Waals surface area (Å²) in [5.41, 5.74) is 2.81. The molecule has 0 fully saturated rings. The molecule has 3 rings (SSSR count). The fourth-order valence-electron chi connectivity index (χ4n) is 2.67. The van der Waals surface area contributed by atoms with E-state index in [1.807, 2.05) is 6.20 Å². The van der Waals surface area contributed by atoms with Crippen molar-refractivity contribution in [2.75, 3.05) is 0 Å². The maximum Gasteiger partial charge on any atom is 0.0783 e. The third-order valence-electron chi connectivity index (χ3n) is 3.45. The maximum atomic E-state index is 4.60. The topological polar surface area (TPSA) is 12.9 Å². The molecule has 1 heteroatoms. The highest BCUT2D eigenvalue weighted by molar-refractivity contribution is 6.06. The molecular formula is C18H19N. The van der Waals surface area contributed by atoms with Gasteiger partial charge in [-0.3, -0.25) is 4.98 Å². The SMILES string of the molecule is CC(C)(C)Cc1ccnc2c1ccc1ccccc12. The molecule has 96 valence electrons. The van der Waals surface area contributed by atoms with Gasteiger partial charge in [-0.2, -0.15) is 0 Å². The summed E-state index contributed by atoms with van der Waals surface area (Å²) in [6.07, 6.45) is 3.01. The molecule has 0 bridgehead atoms. The van der Waals surface area contributed by atoms with Crippen LogP contribution >= 0.6 is 0 Å². The van der Waals surface area contributed by atoms with Gasteiger partial charge in [0.15, 0.2) is 0 Å². The zero-order chi connectivity index (χ0) is 13.5. The first-order valence-electron chi connectivity index (χ1n) is 6.80. The normalized spacial score (nSPS) is 12.2. The van der Waals surface area contributed by atoms with E-state index in [4.69, 9.17) is 0 Å². The van der Waals surface area contributed by atoms with Crippen LogP contribution in [0, 0.1) is 5.41 Å². The monoisotopic (exact) mass is 249 g/mol. The minimum Gasteiger partial charge on any atom is -0.256 e. The van der Waals surface area contributed by atoms with Crippen LogP contribution in [0.4, 0.5) is 0 Å². The van der Waals surface area contributed by atoms with Gasteiger partial charge in [0.2, 0.25) is 0 Å². The molecule has 3 aromatic rings. The van der Waals surface area contributed by atoms with Crippen molar-refractivity contribution >= 4 is 21.7 Å². The summed E-state index contributed by atoms with van der Waals surface area (Å²) >= 11 is 0. The van der Waals surface area contributed by atoms with E-state index in [-0.39, 0.29) is 0 Å². The summed E-state index contributed by atoms with van der Waals surface area (Å²) in [7, 11) is 0. The quantitative estimate of drug-likeness (QED) is 0.554. The first-order chi connectivity index (χ1) is 9.04. The Morgan fingerprint density at radius 1 is 0.895 bits per heavy atom. The van der Waals surface area contributed by atoms with Gasteiger partial charge in [0, 0.05) is 17.0 Å². The maximum absolute atomic E-state index is 4.60. The average Bonchev–Trinajstić information content (AvgIpc) is 2.37. The minimum atomic E-state index is 0.292. The summed E-state index contributed by atoms with van der Waals surface area (Å²) in [5.74, 6) is 0. The molecule has 0 spiro atoms. The van der Waals surface area contributed by atoms with Gasteiger partial charge in [-0.05, 0) is 28.9 Å². The first-order valence-corrected chi connectivity index (χ1v) is 6.80. The predicted octanol–water partition coefficient (Wildman–Crippen LogP) is 4.98. The van der Waals surface area contributed by atoms with Crippen LogP contribution in [0.15, 0.2) is 48.7 Å². The van der Waals surface area contributed by atoms with Crippen LogP contribution in [0.5, 0.6) is 0 Å². The number of hydrogen-bond acceptors (Lipinski definition) is 1. The van der Waals surface area contributed by atoms with Crippen molar-refractivity contribution in [2.45, 2.75) is 27.2 Å². The Balaban J connectivity index is 2.29. The lowest BCUT2D eigenvalue weighted by Gasteiger charge is -2.19. The Bertz CT molecular complexity index is 735. The van der Waals surface area contributed by atoms with Crippen molar-refractivity contribution in [3.8, 4) is 0 Å². The second-order valence-corrected chi connectivity index (χ2v) is 6.39. The van der Waals surface area contributed by atoms with E-state index in [0.29, 0.717) is 5.41 Å². The smallest absolute Gasteiger partial charge is 0.0783 e. The van der Waals surface area contributed by atoms with Gasteiger partial charge in [-0.15, -0.1) is 0 Å². The van der Waals surface area contributed by atoms with Crippen molar-refractivity contribution in [3.05, 3.63) is 54.2 Å². The van der Waals surface area contributed by atoms with Crippen LogP contribution in [-0.4, -0.2) is 4.98 Å². The number of hydrogen-bond donors (Lipinski definition) is 0. The Morgan fingerprint density at radius 3 is 2.47 bits per heavy atom. The summed E-state index contributed by atoms with van der Waals surface area (Å²) < 4.78 is 0. The molecule has 2 aromatic carbocycles. The molecule has 19 heavy (non-hydrogen) atoms. The molecule has 0 radical (unpaired) electrons. The molecule has 0 saturated heterocycles. The van der Waals surface area contributed by atoms with Gasteiger partial charge in [0.05, 0.1) is 5.52 Å². The zero-order valence-electron chi connectivity index (χ0n) is 11.8. The number of pyridine rings is 1. The molecule has 1 aromatic heterocycles. The molecule has 1 heterocycles. The van der Waals surface area contributed by atoms with E-state index in [0.717, 1.165) is 11.9 Å². The van der Waals surface area contributed by atoms with Crippen molar-refractivity contribution in [3.63, 3.8) is 0 Å². The fraction of sp³-hybridized carbons (Fsp3) is 0.278. The molecule has 0 saturated carbocycles. The standard InChI is InChI=1S/C18H19N/c1-18(2,3)12-14-10-11-19-17-15-7-5-4-6-13(15)8-9-16(14)17/h4-11H,12H2,1-3H3. The van der Waals surface area contributed by atoms with Crippen molar-refractivity contribution in [1.82, 2.24) is 4.98 Å². The van der Waals surface area contributed by atoms with Crippen LogP contribution in [0.25, 0.3) is 21.7 Å². The predicted molar refractivity (Wildman–Crippen MR) is 82.4 cm³/mol. The molecule has 0 unspecified atom stereocenters. The zero-order valence-corrected chi connectivity index (χ0v) is 11.8. The van der Waals surface area contributed by atoms with Gasteiger partial charge in [-0.25, -0.2) is 0 Å². The van der Waals surface area contributed by atoms with Crippen LogP contribution in [0.1, 0.15) is 26.3 Å². The molecule has 1 nitrogen and oxygen atoms in total. The summed E-state index contributed by atoms with van der Waals surface area (Å²) in [4.78, 5) is 4.60. The fourth-order valence-corrected chi connectivity index (χ4v) is 2.67. The number of fused-ring (bicyclic) bond motifs is 3. The molecular weight excluding hydrogens is 230 g/mol. The number of aromatic nitrogens is 1. The minimum absolute atomic E-state index is 0.292. The number of nitrogens with zero attached hydrogens (tertiary/aromatic N) is 1. The summed E-state index contributed by atoms with van der Waals surface area (Å²) in [6, 6.07) is 15.0. The Labute approximate surface area is 114 Å². The highest BCUT2D eigenvalue weighted by Crippen LogP contribution is 2.29. The van der Waals surface area contributed by atoms with Gasteiger partial charge in [0.1, 0.15) is 0 Å². The van der Waals surface area contributed by atoms with E-state index in [1.165, 1.54) is 21.7 Å². The highest BCUT2D eigenvalue weighted by Gasteiger charge is 2.14. The third kappa shape index (κ3) is 2.33. The third-order valence-corrected chi connectivity index (χ3v) is 3.45. The van der Waals surface area contributed by atoms with Crippen molar-refractivity contribution in [1.29, 1.82) is 0 Å². The van der Waals surface area contributed by atoms with Gasteiger partial charge in [-0.1, -0.05) is 57.2 Å². The van der Waals surface area contributed by atoms with Crippen LogP contribution in [0.2, 0.25) is 0 Å². The lowest BCUT2D eigenvalue weighted by molar-refractivity contribution is 0.412. The first kappa shape index (κ1) is 12.2. The van der Waals surface area contributed by atoms with E-state index in [1.54, 1.807) is 0 Å². The van der Waals surface area contributed by atoms with Crippen LogP contribution in [0.3, 0.4) is 0 Å². The van der Waals surface area contributed by atoms with E-state index < -0.39 is 0 Å². The molecule has 0 aliphatic heterocycles. The van der Waals surface area contributed by atoms with Crippen LogP contribution < -0.4 is 0 Å². The second kappa shape index (κ2) is 4.34. The Morgan fingerprint density at radius 2 is 1.68 bits per heavy atom. The Hall–Kier alpha value is -1.89. The highest BCUT2D eigenvalue weighted by atomic mass is 14.6. The molecule has 0 atom stereocenters. The van der Waals surface area contributed by atoms with E-state index in [9.17, 15) is 0 Å². The lowest BCUT2D eigenvalue weighted by Crippen LogP contribution is -2.09. The summed E-state index contributed by atoms with van der Waals surface area (Å²) in [6.45, 7) is 6.83. The van der Waals surface area contributed by atoms with E-state index >= 15 is 0 Å². The van der Waals surface area contributed by atoms with Crippen molar-refractivity contribution in [2.24, 2.45) is 5.41 Å². The van der Waals surface area contributed by atoms with Gasteiger partial charge in [0.25, 0.3) is 0 Å². The number of rotatable bonds is 1. The van der Waals surface area contributed by atoms with Crippen LogP contribution in [-0.2, 0) is 6.42 Å². The van der Waals surface area contributed by atoms with Gasteiger partial charge < -0.3 is 0 Å². The molecule has 0 aliphatic carbocycles. The molecule has 0 amide bonds.